The van der Waals surface area contributed by atoms with Crippen LogP contribution in [0.4, 0.5) is 0 Å². The lowest BCUT2D eigenvalue weighted by Gasteiger charge is -2.32. The minimum Gasteiger partial charge on any atom is -0.475 e. The number of methoxy groups -OCH3 is 1. The third kappa shape index (κ3) is 7.30. The summed E-state index contributed by atoms with van der Waals surface area (Å²) >= 11 is 0. The number of aromatic amines is 1. The number of benzene rings is 2. The number of hydrogen-bond donors (Lipinski definition) is 5. The number of aryl methyl sites for hydroxylation is 2. The maximum Gasteiger partial charge on any atom is 0.377 e. The van der Waals surface area contributed by atoms with Crippen molar-refractivity contribution in [2.45, 2.75) is 44.6 Å². The average Bonchev–Trinajstić information content (AvgIpc) is 3.40. The van der Waals surface area contributed by atoms with Gasteiger partial charge in [0, 0.05) is 43.0 Å². The number of carbonyl (C=O) groups is 4. The second-order valence-corrected chi connectivity index (χ2v) is 10.4. The zero-order valence-corrected chi connectivity index (χ0v) is 22.9. The monoisotopic (exact) mass is 561 g/mol. The number of ether oxygens (including phenoxy) is 1. The Morgan fingerprint density at radius 3 is 2.56 bits per heavy atom. The normalized spacial score (nSPS) is 15.7. The van der Waals surface area contributed by atoms with Gasteiger partial charge in [0.2, 0.25) is 5.91 Å². The first-order valence-electron chi connectivity index (χ1n) is 13.6. The van der Waals surface area contributed by atoms with Crippen molar-refractivity contribution in [1.82, 2.24) is 15.2 Å². The topological polar surface area (TPSA) is 179 Å². The molecular formula is C30H35N5O6. The molecule has 1 aliphatic rings. The van der Waals surface area contributed by atoms with Gasteiger partial charge in [0.05, 0.1) is 12.7 Å². The van der Waals surface area contributed by atoms with E-state index in [1.807, 2.05) is 36.4 Å². The minimum atomic E-state index is -1.49. The largest absolute Gasteiger partial charge is 0.475 e. The van der Waals surface area contributed by atoms with Gasteiger partial charge in [-0.15, -0.1) is 0 Å². The third-order valence-electron chi connectivity index (χ3n) is 7.54. The quantitative estimate of drug-likeness (QED) is 0.0778. The summed E-state index contributed by atoms with van der Waals surface area (Å²) in [4.78, 5) is 53.1. The zero-order chi connectivity index (χ0) is 29.5. The number of carboxylic acid groups (broad SMARTS) is 1. The van der Waals surface area contributed by atoms with E-state index < -0.39 is 23.8 Å². The number of rotatable bonds is 11. The molecule has 2 heterocycles. The molecule has 1 fully saturated rings. The number of nitrogens with one attached hydrogen (secondary N) is 3. The number of H-pyrrole nitrogens is 1. The zero-order valence-electron chi connectivity index (χ0n) is 22.9. The van der Waals surface area contributed by atoms with Gasteiger partial charge in [0.15, 0.2) is 5.96 Å². The summed E-state index contributed by atoms with van der Waals surface area (Å²) in [5, 5.41) is 20.1. The number of ketones is 1. The number of esters is 1. The molecule has 1 aliphatic heterocycles. The molecule has 3 aromatic rings. The number of hydrogen-bond acceptors (Lipinski definition) is 6. The number of nitrogens with two attached hydrogens (primary N) is 1. The van der Waals surface area contributed by atoms with Crippen molar-refractivity contribution in [1.29, 1.82) is 5.41 Å². The lowest BCUT2D eigenvalue weighted by Crippen LogP contribution is -2.46. The maximum atomic E-state index is 12.8. The summed E-state index contributed by atoms with van der Waals surface area (Å²) in [6.07, 6.45) is 5.06. The highest BCUT2D eigenvalue weighted by atomic mass is 16.5. The number of nitrogens with zero attached hydrogens (tertiary/aromatic N) is 1. The fourth-order valence-corrected chi connectivity index (χ4v) is 5.39. The molecule has 1 saturated heterocycles. The molecular weight excluding hydrogens is 526 g/mol. The molecule has 2 atom stereocenters. The number of amides is 1. The number of carbonyl (C=O) groups excluding carboxylic acids is 3. The van der Waals surface area contributed by atoms with Gasteiger partial charge in [-0.2, -0.15) is 0 Å². The van der Waals surface area contributed by atoms with Crippen LogP contribution in [0.2, 0.25) is 0 Å². The summed E-state index contributed by atoms with van der Waals surface area (Å²) < 4.78 is 4.94. The SMILES string of the molecule is COC(=O)[C@H](Cc1ccc(CCc2cccc3c(C(=O)C(=O)O)c[nH]c23)cc1)NC(=O)C[C@H]1CCCN(C(=N)N)C1. The molecule has 11 heteroatoms. The fraction of sp³-hybridized carbons (Fsp3) is 0.367. The van der Waals surface area contributed by atoms with Gasteiger partial charge in [-0.05, 0) is 48.3 Å². The number of likely N-dealkylation sites (tertiary alicyclic amines) is 1. The number of carboxylic acids is 1. The molecule has 1 aromatic heterocycles. The summed E-state index contributed by atoms with van der Waals surface area (Å²) in [5.41, 5.74) is 9.38. The van der Waals surface area contributed by atoms with E-state index in [0.29, 0.717) is 31.3 Å². The number of Topliss-reactive ketones (excluding diaryl/α,β-unsaturated/α-hetero) is 1. The first-order valence-corrected chi connectivity index (χ1v) is 13.6. The molecule has 11 nitrogen and oxygen atoms in total. The van der Waals surface area contributed by atoms with Gasteiger partial charge in [-0.3, -0.25) is 15.0 Å². The average molecular weight is 562 g/mol. The van der Waals surface area contributed by atoms with Gasteiger partial charge >= 0.3 is 11.9 Å². The molecule has 0 bridgehead atoms. The lowest BCUT2D eigenvalue weighted by molar-refractivity contribution is -0.145. The molecule has 0 aliphatic carbocycles. The minimum absolute atomic E-state index is 0.00807. The lowest BCUT2D eigenvalue weighted by atomic mass is 9.94. The molecule has 216 valence electrons. The highest BCUT2D eigenvalue weighted by Crippen LogP contribution is 2.24. The van der Waals surface area contributed by atoms with Gasteiger partial charge < -0.3 is 30.8 Å². The maximum absolute atomic E-state index is 12.8. The van der Waals surface area contributed by atoms with Crippen molar-refractivity contribution < 1.29 is 29.0 Å². The van der Waals surface area contributed by atoms with Gasteiger partial charge in [-0.25, -0.2) is 9.59 Å². The number of fused-ring (bicyclic) bond motifs is 1. The summed E-state index contributed by atoms with van der Waals surface area (Å²) in [7, 11) is 1.29. The summed E-state index contributed by atoms with van der Waals surface area (Å²) in [6, 6.07) is 12.4. The number of guanidine groups is 1. The predicted molar refractivity (Wildman–Crippen MR) is 153 cm³/mol. The Morgan fingerprint density at radius 2 is 1.88 bits per heavy atom. The van der Waals surface area contributed by atoms with Crippen LogP contribution in [-0.4, -0.2) is 70.8 Å². The predicted octanol–water partition coefficient (Wildman–Crippen LogP) is 2.42. The Hall–Kier alpha value is -4.67. The van der Waals surface area contributed by atoms with E-state index in [4.69, 9.17) is 21.0 Å². The third-order valence-corrected chi connectivity index (χ3v) is 7.54. The van der Waals surface area contributed by atoms with E-state index in [2.05, 4.69) is 10.3 Å². The van der Waals surface area contributed by atoms with E-state index in [1.165, 1.54) is 13.3 Å². The van der Waals surface area contributed by atoms with Crippen LogP contribution in [0.1, 0.15) is 46.3 Å². The van der Waals surface area contributed by atoms with E-state index in [-0.39, 0.29) is 36.2 Å². The van der Waals surface area contributed by atoms with E-state index in [1.54, 1.807) is 11.0 Å². The Morgan fingerprint density at radius 1 is 1.15 bits per heavy atom. The second-order valence-electron chi connectivity index (χ2n) is 10.4. The van der Waals surface area contributed by atoms with E-state index in [9.17, 15) is 19.2 Å². The molecule has 0 unspecified atom stereocenters. The van der Waals surface area contributed by atoms with Crippen LogP contribution in [-0.2, 0) is 38.4 Å². The van der Waals surface area contributed by atoms with Crippen molar-refractivity contribution >= 4 is 40.5 Å². The van der Waals surface area contributed by atoms with E-state index in [0.717, 1.165) is 35.0 Å². The first kappa shape index (κ1) is 29.3. The molecule has 2 aromatic carbocycles. The molecule has 41 heavy (non-hydrogen) atoms. The van der Waals surface area contributed by atoms with Gasteiger partial charge in [0.25, 0.3) is 5.78 Å². The number of aromatic nitrogens is 1. The molecule has 6 N–H and O–H groups in total. The first-order chi connectivity index (χ1) is 19.7. The van der Waals surface area contributed by atoms with Crippen LogP contribution < -0.4 is 11.1 Å². The van der Waals surface area contributed by atoms with Crippen molar-refractivity contribution in [2.24, 2.45) is 11.7 Å². The van der Waals surface area contributed by atoms with Crippen LogP contribution in [0, 0.1) is 11.3 Å². The standard InChI is InChI=1S/C30H35N5O6/c1-41-29(40)24(34-25(36)15-20-4-3-13-35(17-20)30(31)32)14-19-9-7-18(8-10-19)11-12-21-5-2-6-22-23(16-33-26(21)22)27(37)28(38)39/h2,5-10,16,20,24,33H,3-4,11-15,17H2,1H3,(H3,31,32)(H,34,36)(H,38,39)/t20-,24+/m1/s1. The van der Waals surface area contributed by atoms with Crippen LogP contribution >= 0.6 is 0 Å². The van der Waals surface area contributed by atoms with Crippen LogP contribution in [0.3, 0.4) is 0 Å². The Balaban J connectivity index is 1.35. The van der Waals surface area contributed by atoms with Crippen molar-refractivity contribution in [3.8, 4) is 0 Å². The van der Waals surface area contributed by atoms with E-state index >= 15 is 0 Å². The van der Waals surface area contributed by atoms with Crippen molar-refractivity contribution in [2.75, 3.05) is 20.2 Å². The Kier molecular flexibility index (Phi) is 9.38. The number of piperidine rings is 1. The Labute approximate surface area is 237 Å². The number of aliphatic carboxylic acids is 1. The highest BCUT2D eigenvalue weighted by molar-refractivity contribution is 6.42. The summed E-state index contributed by atoms with van der Waals surface area (Å²) in [6.45, 7) is 1.26. The number of para-hydroxylation sites is 1. The highest BCUT2D eigenvalue weighted by Gasteiger charge is 2.27. The Bertz CT molecular complexity index is 1450. The molecule has 1 amide bonds. The van der Waals surface area contributed by atoms with Crippen LogP contribution in [0.5, 0.6) is 0 Å². The summed E-state index contributed by atoms with van der Waals surface area (Å²) in [5.74, 6) is -3.12. The second kappa shape index (κ2) is 13.1. The van der Waals surface area contributed by atoms with Crippen LogP contribution in [0.15, 0.2) is 48.7 Å². The van der Waals surface area contributed by atoms with Crippen LogP contribution in [0.25, 0.3) is 10.9 Å². The van der Waals surface area contributed by atoms with Gasteiger partial charge in [0.1, 0.15) is 6.04 Å². The smallest absolute Gasteiger partial charge is 0.377 e. The molecule has 4 rings (SSSR count). The molecule has 0 saturated carbocycles. The molecule has 0 radical (unpaired) electrons. The van der Waals surface area contributed by atoms with Crippen molar-refractivity contribution in [3.63, 3.8) is 0 Å². The fourth-order valence-electron chi connectivity index (χ4n) is 5.39. The molecule has 0 spiro atoms. The van der Waals surface area contributed by atoms with Gasteiger partial charge in [-0.1, -0.05) is 42.5 Å². The van der Waals surface area contributed by atoms with Crippen molar-refractivity contribution in [3.05, 3.63) is 70.9 Å².